The largest absolute Gasteiger partial charge is 0.376 e. The Kier molecular flexibility index (Phi) is 6.07. The number of aromatic nitrogens is 3. The number of nitrogens with one attached hydrogen (secondary N) is 1. The van der Waals surface area contributed by atoms with Crippen molar-refractivity contribution in [2.75, 3.05) is 17.7 Å². The van der Waals surface area contributed by atoms with Crippen LogP contribution in [-0.4, -0.2) is 39.1 Å². The average Bonchev–Trinajstić information content (AvgIpc) is 3.48. The van der Waals surface area contributed by atoms with E-state index in [0.717, 1.165) is 30.2 Å². The second-order valence-corrected chi connectivity index (χ2v) is 8.95. The number of ether oxygens (including phenoxy) is 1. The Morgan fingerprint density at radius 2 is 2.32 bits per heavy atom. The second-order valence-electron chi connectivity index (χ2n) is 6.14. The predicted molar refractivity (Wildman–Crippen MR) is 111 cm³/mol. The van der Waals surface area contributed by atoms with Crippen LogP contribution in [0.5, 0.6) is 0 Å². The topological polar surface area (TPSA) is 92.8 Å². The molecule has 28 heavy (non-hydrogen) atoms. The summed E-state index contributed by atoms with van der Waals surface area (Å²) in [6.07, 6.45) is 2.22. The molecule has 1 unspecified atom stereocenters. The molecule has 7 nitrogen and oxygen atoms in total. The van der Waals surface area contributed by atoms with E-state index in [2.05, 4.69) is 21.6 Å². The summed E-state index contributed by atoms with van der Waals surface area (Å²) in [4.78, 5) is 13.4. The minimum absolute atomic E-state index is 0.146. The van der Waals surface area contributed by atoms with Crippen molar-refractivity contribution in [3.8, 4) is 16.8 Å². The molecule has 4 rings (SSSR count). The van der Waals surface area contributed by atoms with Gasteiger partial charge in [0.2, 0.25) is 5.91 Å². The van der Waals surface area contributed by atoms with E-state index >= 15 is 0 Å². The van der Waals surface area contributed by atoms with Crippen LogP contribution in [0.15, 0.2) is 34.1 Å². The van der Waals surface area contributed by atoms with Gasteiger partial charge in [0, 0.05) is 6.61 Å². The molecule has 0 radical (unpaired) electrons. The number of carbonyl (C=O) groups excluding carboxylic acids is 1. The fourth-order valence-electron chi connectivity index (χ4n) is 2.93. The van der Waals surface area contributed by atoms with Crippen LogP contribution in [0.4, 0.5) is 5.00 Å². The molecule has 1 N–H and O–H groups in total. The normalized spacial score (nSPS) is 16.2. The first-order chi connectivity index (χ1) is 13.7. The van der Waals surface area contributed by atoms with Crippen molar-refractivity contribution < 1.29 is 9.53 Å². The SMILES string of the molecule is N#Cc1ccsc1NC(=O)CSc1nnc(-c2cccs2)n1CC1CCCO1. The summed E-state index contributed by atoms with van der Waals surface area (Å²) in [5, 5.41) is 25.6. The molecule has 1 fully saturated rings. The van der Waals surface area contributed by atoms with E-state index in [-0.39, 0.29) is 17.8 Å². The minimum Gasteiger partial charge on any atom is -0.376 e. The summed E-state index contributed by atoms with van der Waals surface area (Å²) in [7, 11) is 0. The number of thioether (sulfide) groups is 1. The highest BCUT2D eigenvalue weighted by Gasteiger charge is 2.22. The van der Waals surface area contributed by atoms with Crippen LogP contribution in [0.2, 0.25) is 0 Å². The van der Waals surface area contributed by atoms with Gasteiger partial charge in [-0.2, -0.15) is 5.26 Å². The molecule has 0 bridgehead atoms. The van der Waals surface area contributed by atoms with Gasteiger partial charge in [-0.15, -0.1) is 32.9 Å². The number of anilines is 1. The second kappa shape index (κ2) is 8.87. The third kappa shape index (κ3) is 4.28. The smallest absolute Gasteiger partial charge is 0.235 e. The maximum Gasteiger partial charge on any atom is 0.235 e. The lowest BCUT2D eigenvalue weighted by Crippen LogP contribution is -2.18. The molecule has 1 aliphatic heterocycles. The van der Waals surface area contributed by atoms with Crippen molar-refractivity contribution in [2.24, 2.45) is 0 Å². The van der Waals surface area contributed by atoms with Gasteiger partial charge in [-0.1, -0.05) is 17.8 Å². The maximum atomic E-state index is 12.3. The number of hydrogen-bond acceptors (Lipinski definition) is 8. The predicted octanol–water partition coefficient (Wildman–Crippen LogP) is 3.85. The summed E-state index contributed by atoms with van der Waals surface area (Å²) in [6, 6.07) is 7.77. The van der Waals surface area contributed by atoms with E-state index in [0.29, 0.717) is 22.3 Å². The van der Waals surface area contributed by atoms with Crippen LogP contribution in [0.1, 0.15) is 18.4 Å². The van der Waals surface area contributed by atoms with Gasteiger partial charge >= 0.3 is 0 Å². The number of hydrogen-bond donors (Lipinski definition) is 1. The molecule has 3 aromatic rings. The fourth-order valence-corrected chi connectivity index (χ4v) is 5.15. The molecular weight excluding hydrogens is 414 g/mol. The van der Waals surface area contributed by atoms with E-state index in [1.807, 2.05) is 22.1 Å². The number of thiophene rings is 2. The monoisotopic (exact) mass is 431 g/mol. The standard InChI is InChI=1S/C18H17N5O2S3/c19-9-12-5-8-27-17(12)20-15(24)11-28-18-22-21-16(14-4-2-7-26-14)23(18)10-13-3-1-6-25-13/h2,4-5,7-8,13H,1,3,6,10-11H2,(H,20,24). The van der Waals surface area contributed by atoms with Crippen molar-refractivity contribution in [1.82, 2.24) is 14.8 Å². The Hall–Kier alpha value is -2.19. The highest BCUT2D eigenvalue weighted by molar-refractivity contribution is 7.99. The lowest BCUT2D eigenvalue weighted by molar-refractivity contribution is -0.113. The summed E-state index contributed by atoms with van der Waals surface area (Å²) in [5.74, 6) is 0.823. The van der Waals surface area contributed by atoms with Gasteiger partial charge < -0.3 is 10.1 Å². The first-order valence-corrected chi connectivity index (χ1v) is 11.5. The summed E-state index contributed by atoms with van der Waals surface area (Å²) in [5.41, 5.74) is 0.477. The maximum absolute atomic E-state index is 12.3. The Labute approximate surface area is 174 Å². The Morgan fingerprint density at radius 3 is 3.07 bits per heavy atom. The average molecular weight is 432 g/mol. The first kappa shape index (κ1) is 19.1. The van der Waals surface area contributed by atoms with Gasteiger partial charge in [-0.05, 0) is 35.7 Å². The first-order valence-electron chi connectivity index (χ1n) is 8.73. The molecule has 1 atom stereocenters. The van der Waals surface area contributed by atoms with E-state index in [9.17, 15) is 4.79 Å². The molecule has 144 valence electrons. The Balaban J connectivity index is 1.47. The zero-order valence-corrected chi connectivity index (χ0v) is 17.3. The Morgan fingerprint density at radius 1 is 1.39 bits per heavy atom. The molecule has 0 aromatic carbocycles. The highest BCUT2D eigenvalue weighted by Crippen LogP contribution is 2.29. The number of nitriles is 1. The van der Waals surface area contributed by atoms with Gasteiger partial charge in [0.1, 0.15) is 11.1 Å². The van der Waals surface area contributed by atoms with Crippen LogP contribution in [0.3, 0.4) is 0 Å². The molecule has 1 amide bonds. The third-order valence-corrected chi connectivity index (χ3v) is 6.90. The van der Waals surface area contributed by atoms with Gasteiger partial charge in [0.25, 0.3) is 0 Å². The lowest BCUT2D eigenvalue weighted by atomic mass is 10.2. The zero-order valence-electron chi connectivity index (χ0n) is 14.8. The molecule has 0 saturated carbocycles. The van der Waals surface area contributed by atoms with E-state index in [1.54, 1.807) is 22.8 Å². The minimum atomic E-state index is -0.173. The van der Waals surface area contributed by atoms with E-state index in [1.165, 1.54) is 23.1 Å². The van der Waals surface area contributed by atoms with Crippen molar-refractivity contribution in [2.45, 2.75) is 30.6 Å². The van der Waals surface area contributed by atoms with Crippen LogP contribution in [-0.2, 0) is 16.1 Å². The van der Waals surface area contributed by atoms with E-state index in [4.69, 9.17) is 10.00 Å². The molecule has 0 aliphatic carbocycles. The number of carbonyl (C=O) groups is 1. The fraction of sp³-hybridized carbons (Fsp3) is 0.333. The lowest BCUT2D eigenvalue weighted by Gasteiger charge is -2.14. The van der Waals surface area contributed by atoms with Crippen molar-refractivity contribution in [3.05, 3.63) is 34.5 Å². The van der Waals surface area contributed by atoms with Crippen LogP contribution < -0.4 is 5.32 Å². The quantitative estimate of drug-likeness (QED) is 0.571. The molecule has 0 spiro atoms. The van der Waals surface area contributed by atoms with Crippen LogP contribution in [0.25, 0.3) is 10.7 Å². The summed E-state index contributed by atoms with van der Waals surface area (Å²) >= 11 is 4.29. The van der Waals surface area contributed by atoms with Crippen molar-refractivity contribution >= 4 is 45.3 Å². The molecular formula is C18H17N5O2S3. The highest BCUT2D eigenvalue weighted by atomic mass is 32.2. The zero-order chi connectivity index (χ0) is 19.3. The third-order valence-electron chi connectivity index (χ3n) is 4.24. The molecule has 10 heteroatoms. The van der Waals surface area contributed by atoms with Gasteiger partial charge in [-0.25, -0.2) is 0 Å². The van der Waals surface area contributed by atoms with Crippen LogP contribution in [0, 0.1) is 11.3 Å². The van der Waals surface area contributed by atoms with Crippen LogP contribution >= 0.6 is 34.4 Å². The van der Waals surface area contributed by atoms with Crippen molar-refractivity contribution in [1.29, 1.82) is 5.26 Å². The van der Waals surface area contributed by atoms with Crippen molar-refractivity contribution in [3.63, 3.8) is 0 Å². The number of amides is 1. The molecule has 4 heterocycles. The van der Waals surface area contributed by atoms with E-state index < -0.39 is 0 Å². The van der Waals surface area contributed by atoms with Gasteiger partial charge in [0.05, 0.1) is 28.8 Å². The summed E-state index contributed by atoms with van der Waals surface area (Å²) < 4.78 is 7.83. The van der Waals surface area contributed by atoms with Gasteiger partial charge in [0.15, 0.2) is 11.0 Å². The molecule has 1 saturated heterocycles. The molecule has 3 aromatic heterocycles. The summed E-state index contributed by atoms with van der Waals surface area (Å²) in [6.45, 7) is 1.46. The number of nitrogens with zero attached hydrogens (tertiary/aromatic N) is 4. The number of rotatable bonds is 7. The Bertz CT molecular complexity index is 983. The van der Waals surface area contributed by atoms with Gasteiger partial charge in [-0.3, -0.25) is 9.36 Å². The molecule has 1 aliphatic rings.